The number of hydrogen-bond donors (Lipinski definition) is 0. The first-order valence-corrected chi connectivity index (χ1v) is 8.11. The van der Waals surface area contributed by atoms with Crippen LogP contribution in [0.5, 0.6) is 0 Å². The Hall–Kier alpha value is -2.60. The van der Waals surface area contributed by atoms with Gasteiger partial charge in [-0.05, 0) is 44.2 Å². The van der Waals surface area contributed by atoms with Gasteiger partial charge in [-0.3, -0.25) is 9.36 Å². The lowest BCUT2D eigenvalue weighted by atomic mass is 10.2. The van der Waals surface area contributed by atoms with Crippen molar-refractivity contribution < 1.29 is 13.6 Å². The second-order valence-corrected chi connectivity index (χ2v) is 6.28. The number of benzene rings is 2. The van der Waals surface area contributed by atoms with Crippen LogP contribution in [0.15, 0.2) is 51.7 Å². The maximum Gasteiger partial charge on any atom is 0.420 e. The molecular formula is C18H16ClFN2O3. The van der Waals surface area contributed by atoms with Crippen LogP contribution in [0, 0.1) is 5.82 Å². The number of nitrogens with zero attached hydrogens (tertiary/aromatic N) is 2. The number of carbonyl (C=O) groups excluding carboxylic acids is 1. The van der Waals surface area contributed by atoms with Gasteiger partial charge in [0.1, 0.15) is 12.4 Å². The van der Waals surface area contributed by atoms with Gasteiger partial charge in [-0.25, -0.2) is 9.18 Å². The highest BCUT2D eigenvalue weighted by molar-refractivity contribution is 6.33. The van der Waals surface area contributed by atoms with Crippen molar-refractivity contribution in [2.24, 2.45) is 0 Å². The van der Waals surface area contributed by atoms with Crippen LogP contribution in [-0.2, 0) is 11.3 Å². The summed E-state index contributed by atoms with van der Waals surface area (Å²) in [6, 6.07) is 10.5. The van der Waals surface area contributed by atoms with E-state index in [0.29, 0.717) is 16.8 Å². The van der Waals surface area contributed by atoms with E-state index in [1.54, 1.807) is 24.3 Å². The standard InChI is InChI=1S/C18H16ClFN2O3/c1-11(2)22(14-8-7-12(20)9-13(14)19)17(23)10-21-15-5-3-4-6-16(15)25-18(21)24/h3-9,11H,10H2,1-2H3. The maximum absolute atomic E-state index is 13.3. The number of rotatable bonds is 4. The molecule has 2 aromatic carbocycles. The third-order valence-corrected chi connectivity index (χ3v) is 4.12. The first-order valence-electron chi connectivity index (χ1n) is 7.74. The molecule has 1 heterocycles. The summed E-state index contributed by atoms with van der Waals surface area (Å²) in [7, 11) is 0. The molecule has 0 N–H and O–H groups in total. The molecule has 1 amide bonds. The molecule has 0 bridgehead atoms. The summed E-state index contributed by atoms with van der Waals surface area (Å²) < 4.78 is 19.7. The lowest BCUT2D eigenvalue weighted by molar-refractivity contribution is -0.119. The zero-order chi connectivity index (χ0) is 18.1. The van der Waals surface area contributed by atoms with Crippen molar-refractivity contribution in [1.29, 1.82) is 0 Å². The molecule has 0 unspecified atom stereocenters. The van der Waals surface area contributed by atoms with Gasteiger partial charge in [-0.1, -0.05) is 23.7 Å². The van der Waals surface area contributed by atoms with Crippen molar-refractivity contribution in [1.82, 2.24) is 4.57 Å². The summed E-state index contributed by atoms with van der Waals surface area (Å²) in [4.78, 5) is 26.4. The summed E-state index contributed by atoms with van der Waals surface area (Å²) in [5.41, 5.74) is 1.34. The minimum Gasteiger partial charge on any atom is -0.408 e. The van der Waals surface area contributed by atoms with Crippen LogP contribution in [0.2, 0.25) is 5.02 Å². The quantitative estimate of drug-likeness (QED) is 0.708. The summed E-state index contributed by atoms with van der Waals surface area (Å²) in [6.07, 6.45) is 0. The van der Waals surface area contributed by atoms with Crippen molar-refractivity contribution >= 4 is 34.3 Å². The molecular weight excluding hydrogens is 347 g/mol. The largest absolute Gasteiger partial charge is 0.420 e. The first-order chi connectivity index (χ1) is 11.9. The minimum atomic E-state index is -0.608. The third-order valence-electron chi connectivity index (χ3n) is 3.82. The lowest BCUT2D eigenvalue weighted by Gasteiger charge is -2.27. The van der Waals surface area contributed by atoms with E-state index in [1.165, 1.54) is 21.6 Å². The molecule has 7 heteroatoms. The summed E-state index contributed by atoms with van der Waals surface area (Å²) in [5, 5.41) is 0.131. The van der Waals surface area contributed by atoms with Gasteiger partial charge in [-0.2, -0.15) is 0 Å². The van der Waals surface area contributed by atoms with Crippen LogP contribution in [-0.4, -0.2) is 16.5 Å². The fourth-order valence-electron chi connectivity index (χ4n) is 2.75. The molecule has 3 rings (SSSR count). The smallest absolute Gasteiger partial charge is 0.408 e. The van der Waals surface area contributed by atoms with Crippen LogP contribution < -0.4 is 10.7 Å². The molecule has 0 atom stereocenters. The van der Waals surface area contributed by atoms with Crippen molar-refractivity contribution in [3.8, 4) is 0 Å². The molecule has 5 nitrogen and oxygen atoms in total. The normalized spacial score (nSPS) is 11.2. The Morgan fingerprint density at radius 2 is 2.00 bits per heavy atom. The Bertz CT molecular complexity index is 993. The highest BCUT2D eigenvalue weighted by Crippen LogP contribution is 2.28. The molecule has 0 saturated carbocycles. The SMILES string of the molecule is CC(C)N(C(=O)Cn1c(=O)oc2ccccc21)c1ccc(F)cc1Cl. The van der Waals surface area contributed by atoms with E-state index in [1.807, 2.05) is 13.8 Å². The zero-order valence-corrected chi connectivity index (χ0v) is 14.5. The Labute approximate surface area is 148 Å². The molecule has 0 radical (unpaired) electrons. The Morgan fingerprint density at radius 3 is 2.68 bits per heavy atom. The van der Waals surface area contributed by atoms with Crippen molar-refractivity contribution in [2.75, 3.05) is 4.90 Å². The zero-order valence-electron chi connectivity index (χ0n) is 13.7. The van der Waals surface area contributed by atoms with Crippen LogP contribution >= 0.6 is 11.6 Å². The summed E-state index contributed by atoms with van der Waals surface area (Å²) in [6.45, 7) is 3.42. The maximum atomic E-state index is 13.3. The molecule has 0 aliphatic heterocycles. The first kappa shape index (κ1) is 17.2. The number of hydrogen-bond acceptors (Lipinski definition) is 3. The molecule has 0 spiro atoms. The summed E-state index contributed by atoms with van der Waals surface area (Å²) in [5.74, 6) is -1.44. The number of fused-ring (bicyclic) bond motifs is 1. The topological polar surface area (TPSA) is 55.5 Å². The number of para-hydroxylation sites is 2. The molecule has 0 aliphatic carbocycles. The third kappa shape index (κ3) is 3.30. The van der Waals surface area contributed by atoms with E-state index in [0.717, 1.165) is 6.07 Å². The van der Waals surface area contributed by atoms with Gasteiger partial charge in [0, 0.05) is 6.04 Å². The van der Waals surface area contributed by atoms with Crippen LogP contribution in [0.25, 0.3) is 11.1 Å². The van der Waals surface area contributed by atoms with E-state index in [-0.39, 0.29) is 23.5 Å². The second-order valence-electron chi connectivity index (χ2n) is 5.88. The predicted molar refractivity (Wildman–Crippen MR) is 94.5 cm³/mol. The Morgan fingerprint density at radius 1 is 1.28 bits per heavy atom. The number of halogens is 2. The molecule has 3 aromatic rings. The van der Waals surface area contributed by atoms with Gasteiger partial charge in [0.15, 0.2) is 5.58 Å². The van der Waals surface area contributed by atoms with Gasteiger partial charge in [0.2, 0.25) is 5.91 Å². The van der Waals surface area contributed by atoms with Crippen LogP contribution in [0.1, 0.15) is 13.8 Å². The Kier molecular flexibility index (Phi) is 4.63. The van der Waals surface area contributed by atoms with Crippen LogP contribution in [0.3, 0.4) is 0 Å². The molecule has 0 saturated heterocycles. The van der Waals surface area contributed by atoms with Gasteiger partial charge < -0.3 is 9.32 Å². The highest BCUT2D eigenvalue weighted by Gasteiger charge is 2.23. The molecule has 1 aromatic heterocycles. The highest BCUT2D eigenvalue weighted by atomic mass is 35.5. The van der Waals surface area contributed by atoms with Crippen LogP contribution in [0.4, 0.5) is 10.1 Å². The number of amides is 1. The number of oxazole rings is 1. The fraction of sp³-hybridized carbons (Fsp3) is 0.222. The minimum absolute atomic E-state index is 0.131. The van der Waals surface area contributed by atoms with E-state index in [4.69, 9.17) is 16.0 Å². The summed E-state index contributed by atoms with van der Waals surface area (Å²) >= 11 is 6.10. The Balaban J connectivity index is 1.99. The predicted octanol–water partition coefficient (Wildman–Crippen LogP) is 3.83. The monoisotopic (exact) mass is 362 g/mol. The number of carbonyl (C=O) groups is 1. The molecule has 130 valence electrons. The second kappa shape index (κ2) is 6.72. The molecule has 25 heavy (non-hydrogen) atoms. The van der Waals surface area contributed by atoms with E-state index < -0.39 is 11.6 Å². The van der Waals surface area contributed by atoms with Gasteiger partial charge in [-0.15, -0.1) is 0 Å². The van der Waals surface area contributed by atoms with Crippen molar-refractivity contribution in [2.45, 2.75) is 26.4 Å². The van der Waals surface area contributed by atoms with Crippen molar-refractivity contribution in [3.05, 3.63) is 63.9 Å². The number of anilines is 1. The average molecular weight is 363 g/mol. The average Bonchev–Trinajstić information content (AvgIpc) is 2.85. The van der Waals surface area contributed by atoms with Gasteiger partial charge >= 0.3 is 5.76 Å². The lowest BCUT2D eigenvalue weighted by Crippen LogP contribution is -2.40. The van der Waals surface area contributed by atoms with E-state index >= 15 is 0 Å². The number of aromatic nitrogens is 1. The molecule has 0 fully saturated rings. The molecule has 0 aliphatic rings. The van der Waals surface area contributed by atoms with E-state index in [2.05, 4.69) is 0 Å². The van der Waals surface area contributed by atoms with Crippen molar-refractivity contribution in [3.63, 3.8) is 0 Å². The fourth-order valence-corrected chi connectivity index (χ4v) is 3.01. The van der Waals surface area contributed by atoms with E-state index in [9.17, 15) is 14.0 Å². The van der Waals surface area contributed by atoms with Gasteiger partial charge in [0.25, 0.3) is 0 Å². The van der Waals surface area contributed by atoms with Gasteiger partial charge in [0.05, 0.1) is 16.2 Å².